The molecule has 0 aliphatic heterocycles. The van der Waals surface area contributed by atoms with Gasteiger partial charge in [-0.2, -0.15) is 11.3 Å². The van der Waals surface area contributed by atoms with Crippen molar-refractivity contribution >= 4 is 17.3 Å². The molecule has 72 valence electrons. The molecule has 1 heterocycles. The van der Waals surface area contributed by atoms with E-state index in [1.807, 2.05) is 16.8 Å². The van der Waals surface area contributed by atoms with Gasteiger partial charge < -0.3 is 10.2 Å². The fourth-order valence-corrected chi connectivity index (χ4v) is 1.87. The zero-order valence-corrected chi connectivity index (χ0v) is 7.96. The molecule has 0 spiro atoms. The summed E-state index contributed by atoms with van der Waals surface area (Å²) >= 11 is 1.58. The van der Waals surface area contributed by atoms with Gasteiger partial charge in [0.2, 0.25) is 0 Å². The van der Waals surface area contributed by atoms with E-state index < -0.39 is 5.97 Å². The highest BCUT2D eigenvalue weighted by molar-refractivity contribution is 7.07. The van der Waals surface area contributed by atoms with E-state index in [-0.39, 0.29) is 18.9 Å². The molecule has 0 saturated carbocycles. The van der Waals surface area contributed by atoms with Crippen molar-refractivity contribution in [1.29, 1.82) is 0 Å². The molecular weight excluding hydrogens is 188 g/mol. The molecule has 0 bridgehead atoms. The van der Waals surface area contributed by atoms with Crippen molar-refractivity contribution < 1.29 is 15.0 Å². The first-order valence-electron chi connectivity index (χ1n) is 4.06. The average molecular weight is 200 g/mol. The van der Waals surface area contributed by atoms with E-state index in [1.165, 1.54) is 0 Å². The van der Waals surface area contributed by atoms with Crippen LogP contribution in [0.2, 0.25) is 0 Å². The van der Waals surface area contributed by atoms with Crippen molar-refractivity contribution in [3.8, 4) is 0 Å². The molecule has 0 fully saturated rings. The summed E-state index contributed by atoms with van der Waals surface area (Å²) in [5, 5.41) is 21.4. The van der Waals surface area contributed by atoms with Crippen molar-refractivity contribution in [2.45, 2.75) is 12.8 Å². The van der Waals surface area contributed by atoms with E-state index in [9.17, 15) is 4.79 Å². The standard InChI is InChI=1S/C9H12O3S/c10-5-8(4-9(11)12)3-7-1-2-13-6-7/h1-2,6,8,10H,3-5H2,(H,11,12). The van der Waals surface area contributed by atoms with Crippen molar-refractivity contribution in [2.24, 2.45) is 5.92 Å². The lowest BCUT2D eigenvalue weighted by molar-refractivity contribution is -0.138. The monoisotopic (exact) mass is 200 g/mol. The molecule has 0 amide bonds. The van der Waals surface area contributed by atoms with Crippen LogP contribution in [-0.2, 0) is 11.2 Å². The van der Waals surface area contributed by atoms with Crippen LogP contribution in [0.1, 0.15) is 12.0 Å². The Morgan fingerprint density at radius 2 is 2.38 bits per heavy atom. The predicted molar refractivity (Wildman–Crippen MR) is 50.9 cm³/mol. The van der Waals surface area contributed by atoms with Crippen molar-refractivity contribution in [3.05, 3.63) is 22.4 Å². The van der Waals surface area contributed by atoms with Gasteiger partial charge in [0.15, 0.2) is 0 Å². The molecule has 2 N–H and O–H groups in total. The Labute approximate surface area is 80.6 Å². The molecule has 0 radical (unpaired) electrons. The zero-order chi connectivity index (χ0) is 9.68. The Balaban J connectivity index is 2.45. The van der Waals surface area contributed by atoms with Crippen LogP contribution in [0.4, 0.5) is 0 Å². The van der Waals surface area contributed by atoms with E-state index in [0.29, 0.717) is 6.42 Å². The number of aliphatic carboxylic acids is 1. The maximum absolute atomic E-state index is 10.4. The number of aliphatic hydroxyl groups is 1. The molecule has 0 saturated heterocycles. The van der Waals surface area contributed by atoms with E-state index in [1.54, 1.807) is 11.3 Å². The maximum Gasteiger partial charge on any atom is 0.303 e. The number of aliphatic hydroxyl groups excluding tert-OH is 1. The number of hydrogen-bond acceptors (Lipinski definition) is 3. The second-order valence-electron chi connectivity index (χ2n) is 2.98. The third-order valence-corrected chi connectivity index (χ3v) is 2.56. The molecule has 1 rings (SSSR count). The summed E-state index contributed by atoms with van der Waals surface area (Å²) in [4.78, 5) is 10.4. The summed E-state index contributed by atoms with van der Waals surface area (Å²) in [6.45, 7) is -0.0673. The Bertz CT molecular complexity index is 256. The van der Waals surface area contributed by atoms with Crippen molar-refractivity contribution in [1.82, 2.24) is 0 Å². The molecule has 0 aliphatic carbocycles. The van der Waals surface area contributed by atoms with Crippen LogP contribution in [0.5, 0.6) is 0 Å². The third-order valence-electron chi connectivity index (χ3n) is 1.83. The highest BCUT2D eigenvalue weighted by Gasteiger charge is 2.12. The van der Waals surface area contributed by atoms with Crippen molar-refractivity contribution in [2.75, 3.05) is 6.61 Å². The quantitative estimate of drug-likeness (QED) is 0.754. The summed E-state index contributed by atoms with van der Waals surface area (Å²) in [5.41, 5.74) is 1.10. The van der Waals surface area contributed by atoms with Crippen LogP contribution >= 0.6 is 11.3 Å². The van der Waals surface area contributed by atoms with Gasteiger partial charge in [-0.1, -0.05) is 0 Å². The van der Waals surface area contributed by atoms with Gasteiger partial charge in [0.05, 0.1) is 6.42 Å². The van der Waals surface area contributed by atoms with E-state index >= 15 is 0 Å². The minimum absolute atomic E-state index is 0.0341. The topological polar surface area (TPSA) is 57.5 Å². The highest BCUT2D eigenvalue weighted by atomic mass is 32.1. The number of hydrogen-bond donors (Lipinski definition) is 2. The second-order valence-corrected chi connectivity index (χ2v) is 3.76. The largest absolute Gasteiger partial charge is 0.481 e. The third kappa shape index (κ3) is 3.57. The van der Waals surface area contributed by atoms with Gasteiger partial charge in [-0.25, -0.2) is 0 Å². The maximum atomic E-state index is 10.4. The molecular formula is C9H12O3S. The smallest absolute Gasteiger partial charge is 0.303 e. The Morgan fingerprint density at radius 1 is 1.62 bits per heavy atom. The minimum atomic E-state index is -0.853. The summed E-state index contributed by atoms with van der Waals surface area (Å²) < 4.78 is 0. The van der Waals surface area contributed by atoms with E-state index in [0.717, 1.165) is 5.56 Å². The van der Waals surface area contributed by atoms with Crippen molar-refractivity contribution in [3.63, 3.8) is 0 Å². The molecule has 1 atom stereocenters. The van der Waals surface area contributed by atoms with Crippen LogP contribution in [0.3, 0.4) is 0 Å². The van der Waals surface area contributed by atoms with Gasteiger partial charge in [-0.3, -0.25) is 4.79 Å². The van der Waals surface area contributed by atoms with Gasteiger partial charge in [-0.15, -0.1) is 0 Å². The summed E-state index contributed by atoms with van der Waals surface area (Å²) in [6.07, 6.45) is 0.679. The van der Waals surface area contributed by atoms with Crippen LogP contribution in [0.15, 0.2) is 16.8 Å². The van der Waals surface area contributed by atoms with Gasteiger partial charge >= 0.3 is 5.97 Å². The fourth-order valence-electron chi connectivity index (χ4n) is 1.19. The SMILES string of the molecule is O=C(O)CC(CO)Cc1ccsc1. The number of rotatable bonds is 5. The number of thiophene rings is 1. The molecule has 3 nitrogen and oxygen atoms in total. The normalized spacial score (nSPS) is 12.7. The lowest BCUT2D eigenvalue weighted by Crippen LogP contribution is -2.14. The molecule has 13 heavy (non-hydrogen) atoms. The first-order valence-corrected chi connectivity index (χ1v) is 5.00. The summed E-state index contributed by atoms with van der Waals surface area (Å²) in [6, 6.07) is 1.95. The Morgan fingerprint density at radius 3 is 2.85 bits per heavy atom. The molecule has 4 heteroatoms. The van der Waals surface area contributed by atoms with Gasteiger partial charge in [0.1, 0.15) is 0 Å². The number of carbonyl (C=O) groups is 1. The molecule has 1 unspecified atom stereocenters. The van der Waals surface area contributed by atoms with Crippen LogP contribution in [0, 0.1) is 5.92 Å². The zero-order valence-electron chi connectivity index (χ0n) is 7.14. The molecule has 1 aromatic heterocycles. The fraction of sp³-hybridized carbons (Fsp3) is 0.444. The lowest BCUT2D eigenvalue weighted by atomic mass is 9.99. The summed E-state index contributed by atoms with van der Waals surface area (Å²) in [7, 11) is 0. The van der Waals surface area contributed by atoms with Gasteiger partial charge in [0.25, 0.3) is 0 Å². The first kappa shape index (κ1) is 10.2. The first-order chi connectivity index (χ1) is 6.22. The molecule has 0 aromatic carbocycles. The highest BCUT2D eigenvalue weighted by Crippen LogP contribution is 2.14. The Kier molecular flexibility index (Phi) is 3.92. The molecule has 1 aromatic rings. The van der Waals surface area contributed by atoms with Gasteiger partial charge in [-0.05, 0) is 34.7 Å². The van der Waals surface area contributed by atoms with Crippen LogP contribution in [0.25, 0.3) is 0 Å². The minimum Gasteiger partial charge on any atom is -0.481 e. The van der Waals surface area contributed by atoms with Gasteiger partial charge in [0, 0.05) is 6.61 Å². The van der Waals surface area contributed by atoms with E-state index in [4.69, 9.17) is 10.2 Å². The van der Waals surface area contributed by atoms with Crippen LogP contribution in [-0.4, -0.2) is 22.8 Å². The Hall–Kier alpha value is -0.870. The predicted octanol–water partition coefficient (Wildman–Crippen LogP) is 1.37. The number of carboxylic acids is 1. The lowest BCUT2D eigenvalue weighted by Gasteiger charge is -2.09. The van der Waals surface area contributed by atoms with Crippen LogP contribution < -0.4 is 0 Å². The molecule has 0 aliphatic rings. The number of carboxylic acid groups (broad SMARTS) is 1. The summed E-state index contributed by atoms with van der Waals surface area (Å²) in [5.74, 6) is -1.01. The van der Waals surface area contributed by atoms with E-state index in [2.05, 4.69) is 0 Å². The average Bonchev–Trinajstić information content (AvgIpc) is 2.55. The second kappa shape index (κ2) is 4.99.